The highest BCUT2D eigenvalue weighted by atomic mass is 32.2. The Hall–Kier alpha value is -2.19. The van der Waals surface area contributed by atoms with Crippen LogP contribution in [0.2, 0.25) is 0 Å². The van der Waals surface area contributed by atoms with Gasteiger partial charge in [0.15, 0.2) is 0 Å². The van der Waals surface area contributed by atoms with E-state index in [2.05, 4.69) is 15.2 Å². The maximum absolute atomic E-state index is 12.1. The highest BCUT2D eigenvalue weighted by molar-refractivity contribution is 7.98. The van der Waals surface area contributed by atoms with Gasteiger partial charge in [0.05, 0.1) is 12.2 Å². The van der Waals surface area contributed by atoms with E-state index in [1.807, 2.05) is 19.1 Å². The fourth-order valence-corrected chi connectivity index (χ4v) is 2.52. The molecule has 2 N–H and O–H groups in total. The third kappa shape index (κ3) is 2.96. The van der Waals surface area contributed by atoms with Crippen LogP contribution in [0.25, 0.3) is 5.65 Å². The molecule has 0 radical (unpaired) electrons. The number of hydrogen-bond donors (Lipinski definition) is 1. The molecular weight excluding hydrogens is 290 g/mol. The first-order valence-corrected chi connectivity index (χ1v) is 7.28. The molecule has 3 rings (SSSR count). The Morgan fingerprint density at radius 3 is 3.00 bits per heavy atom. The number of nitrogens with two attached hydrogens (primary N) is 1. The molecule has 3 aromatic rings. The topological polar surface area (TPSA) is 99.3 Å². The molecule has 0 amide bonds. The largest absolute Gasteiger partial charge is 0.415 e. The SMILES string of the molecule is Cc1ccc2nc(CSc3nnc(CN)o3)cc(=O)n2c1. The molecule has 108 valence electrons. The monoisotopic (exact) mass is 303 g/mol. The molecule has 21 heavy (non-hydrogen) atoms. The molecule has 0 atom stereocenters. The summed E-state index contributed by atoms with van der Waals surface area (Å²) >= 11 is 1.32. The average Bonchev–Trinajstić information content (AvgIpc) is 2.94. The average molecular weight is 303 g/mol. The third-order valence-corrected chi connectivity index (χ3v) is 3.68. The molecule has 0 saturated heterocycles. The number of fused-ring (bicyclic) bond motifs is 1. The summed E-state index contributed by atoms with van der Waals surface area (Å²) in [4.78, 5) is 16.5. The molecule has 0 saturated carbocycles. The van der Waals surface area contributed by atoms with Crippen molar-refractivity contribution in [3.8, 4) is 0 Å². The predicted molar refractivity (Wildman–Crippen MR) is 77.9 cm³/mol. The number of aryl methyl sites for hydroxylation is 1. The summed E-state index contributed by atoms with van der Waals surface area (Å²) in [6.45, 7) is 2.14. The fourth-order valence-electron chi connectivity index (χ4n) is 1.85. The van der Waals surface area contributed by atoms with E-state index in [1.165, 1.54) is 22.2 Å². The maximum Gasteiger partial charge on any atom is 0.277 e. The van der Waals surface area contributed by atoms with E-state index in [0.717, 1.165) is 5.56 Å². The van der Waals surface area contributed by atoms with Crippen molar-refractivity contribution in [1.29, 1.82) is 0 Å². The van der Waals surface area contributed by atoms with Gasteiger partial charge in [0.25, 0.3) is 10.8 Å². The number of hydrogen-bond acceptors (Lipinski definition) is 7. The molecule has 0 aromatic carbocycles. The van der Waals surface area contributed by atoms with Crippen LogP contribution in [0, 0.1) is 6.92 Å². The lowest BCUT2D eigenvalue weighted by Gasteiger charge is -2.03. The summed E-state index contributed by atoms with van der Waals surface area (Å²) in [5.41, 5.74) is 7.60. The quantitative estimate of drug-likeness (QED) is 0.721. The summed E-state index contributed by atoms with van der Waals surface area (Å²) in [5.74, 6) is 0.866. The van der Waals surface area contributed by atoms with Gasteiger partial charge in [0.2, 0.25) is 5.89 Å². The first kappa shape index (κ1) is 13.8. The summed E-state index contributed by atoms with van der Waals surface area (Å²) in [6, 6.07) is 5.26. The van der Waals surface area contributed by atoms with E-state index in [0.29, 0.717) is 28.2 Å². The smallest absolute Gasteiger partial charge is 0.277 e. The van der Waals surface area contributed by atoms with Gasteiger partial charge < -0.3 is 10.2 Å². The Kier molecular flexibility index (Phi) is 3.72. The Bertz CT molecular complexity index is 842. The number of pyridine rings is 1. The van der Waals surface area contributed by atoms with Crippen molar-refractivity contribution in [3.63, 3.8) is 0 Å². The Labute approximate surface area is 124 Å². The number of aromatic nitrogens is 4. The van der Waals surface area contributed by atoms with E-state index < -0.39 is 0 Å². The molecule has 3 aromatic heterocycles. The standard InChI is InChI=1S/C13H13N5O2S/c1-8-2-3-10-15-9(4-12(19)18(10)6-8)7-21-13-17-16-11(5-14)20-13/h2-4,6H,5,7,14H2,1H3. The van der Waals surface area contributed by atoms with Crippen LogP contribution >= 0.6 is 11.8 Å². The molecule has 7 nitrogen and oxygen atoms in total. The van der Waals surface area contributed by atoms with Gasteiger partial charge in [-0.15, -0.1) is 10.2 Å². The molecule has 0 unspecified atom stereocenters. The van der Waals surface area contributed by atoms with Gasteiger partial charge in [-0.25, -0.2) is 4.98 Å². The van der Waals surface area contributed by atoms with Crippen LogP contribution < -0.4 is 11.3 Å². The second kappa shape index (κ2) is 5.66. The molecular formula is C13H13N5O2S. The van der Waals surface area contributed by atoms with E-state index in [9.17, 15) is 4.79 Å². The lowest BCUT2D eigenvalue weighted by Crippen LogP contribution is -2.15. The van der Waals surface area contributed by atoms with Crippen LogP contribution in [0.3, 0.4) is 0 Å². The zero-order chi connectivity index (χ0) is 14.8. The van der Waals surface area contributed by atoms with E-state index in [4.69, 9.17) is 10.2 Å². The van der Waals surface area contributed by atoms with Crippen LogP contribution in [-0.2, 0) is 12.3 Å². The van der Waals surface area contributed by atoms with Crippen molar-refractivity contribution in [2.75, 3.05) is 0 Å². The minimum atomic E-state index is -0.104. The van der Waals surface area contributed by atoms with Crippen molar-refractivity contribution in [2.24, 2.45) is 5.73 Å². The van der Waals surface area contributed by atoms with Gasteiger partial charge in [-0.1, -0.05) is 17.8 Å². The number of thioether (sulfide) groups is 1. The van der Waals surface area contributed by atoms with Crippen LogP contribution in [0.15, 0.2) is 38.8 Å². The summed E-state index contributed by atoms with van der Waals surface area (Å²) in [5, 5.41) is 8.05. The third-order valence-electron chi connectivity index (χ3n) is 2.83. The lowest BCUT2D eigenvalue weighted by molar-refractivity contribution is 0.414. The fraction of sp³-hybridized carbons (Fsp3) is 0.231. The van der Waals surface area contributed by atoms with Crippen molar-refractivity contribution < 1.29 is 4.42 Å². The molecule has 8 heteroatoms. The van der Waals surface area contributed by atoms with E-state index >= 15 is 0 Å². The first-order chi connectivity index (χ1) is 10.2. The van der Waals surface area contributed by atoms with Crippen molar-refractivity contribution in [1.82, 2.24) is 19.6 Å². The van der Waals surface area contributed by atoms with E-state index in [1.54, 1.807) is 6.20 Å². The Morgan fingerprint density at radius 1 is 1.38 bits per heavy atom. The molecule has 0 aliphatic carbocycles. The van der Waals surface area contributed by atoms with Gasteiger partial charge in [-0.3, -0.25) is 9.20 Å². The van der Waals surface area contributed by atoms with Crippen molar-refractivity contribution >= 4 is 17.4 Å². The van der Waals surface area contributed by atoms with Gasteiger partial charge in [0.1, 0.15) is 5.65 Å². The summed E-state index contributed by atoms with van der Waals surface area (Å²) < 4.78 is 6.82. The normalized spacial score (nSPS) is 11.1. The second-order valence-electron chi connectivity index (χ2n) is 4.47. The molecule has 0 spiro atoms. The van der Waals surface area contributed by atoms with Gasteiger partial charge in [-0.2, -0.15) is 0 Å². The minimum Gasteiger partial charge on any atom is -0.415 e. The van der Waals surface area contributed by atoms with Crippen LogP contribution in [0.4, 0.5) is 0 Å². The minimum absolute atomic E-state index is 0.104. The Balaban J connectivity index is 1.84. The number of rotatable bonds is 4. The zero-order valence-electron chi connectivity index (χ0n) is 11.3. The molecule has 3 heterocycles. The zero-order valence-corrected chi connectivity index (χ0v) is 12.1. The summed E-state index contributed by atoms with van der Waals surface area (Å²) in [7, 11) is 0. The predicted octanol–water partition coefficient (Wildman–Crippen LogP) is 1.14. The van der Waals surface area contributed by atoms with Crippen LogP contribution in [0.1, 0.15) is 17.1 Å². The summed E-state index contributed by atoms with van der Waals surface area (Å²) in [6.07, 6.45) is 1.77. The molecule has 0 aliphatic rings. The molecule has 0 bridgehead atoms. The highest BCUT2D eigenvalue weighted by Gasteiger charge is 2.08. The van der Waals surface area contributed by atoms with Crippen molar-refractivity contribution in [3.05, 3.63) is 51.9 Å². The van der Waals surface area contributed by atoms with Gasteiger partial charge in [0, 0.05) is 18.0 Å². The molecule has 0 aliphatic heterocycles. The number of nitrogens with zero attached hydrogens (tertiary/aromatic N) is 4. The highest BCUT2D eigenvalue weighted by Crippen LogP contribution is 2.20. The molecule has 0 fully saturated rings. The van der Waals surface area contributed by atoms with Crippen LogP contribution in [-0.4, -0.2) is 19.6 Å². The lowest BCUT2D eigenvalue weighted by atomic mass is 10.3. The van der Waals surface area contributed by atoms with Crippen LogP contribution in [0.5, 0.6) is 0 Å². The van der Waals surface area contributed by atoms with Gasteiger partial charge >= 0.3 is 0 Å². The van der Waals surface area contributed by atoms with Gasteiger partial charge in [-0.05, 0) is 18.6 Å². The van der Waals surface area contributed by atoms with E-state index in [-0.39, 0.29) is 12.1 Å². The second-order valence-corrected chi connectivity index (χ2v) is 5.40. The van der Waals surface area contributed by atoms with Crippen molar-refractivity contribution in [2.45, 2.75) is 24.4 Å². The maximum atomic E-state index is 12.1. The Morgan fingerprint density at radius 2 is 2.24 bits per heavy atom. The first-order valence-electron chi connectivity index (χ1n) is 6.30.